The van der Waals surface area contributed by atoms with Gasteiger partial charge in [-0.2, -0.15) is 0 Å². The lowest BCUT2D eigenvalue weighted by Crippen LogP contribution is -2.19. The first-order valence-corrected chi connectivity index (χ1v) is 7.96. The molecule has 4 heteroatoms. The Balaban J connectivity index is 1.90. The normalized spacial score (nSPS) is 10.9. The lowest BCUT2D eigenvalue weighted by atomic mass is 10.2. The first-order chi connectivity index (χ1) is 10.1. The van der Waals surface area contributed by atoms with Crippen molar-refractivity contribution < 1.29 is 4.74 Å². The third-order valence-corrected chi connectivity index (χ3v) is 3.77. The van der Waals surface area contributed by atoms with Crippen molar-refractivity contribution in [2.24, 2.45) is 5.92 Å². The summed E-state index contributed by atoms with van der Waals surface area (Å²) in [5, 5.41) is 3.39. The molecule has 2 rings (SSSR count). The molecule has 1 aromatic heterocycles. The van der Waals surface area contributed by atoms with Gasteiger partial charge in [0.05, 0.1) is 5.69 Å². The van der Waals surface area contributed by atoms with Crippen LogP contribution in [0.4, 0.5) is 0 Å². The number of hydrogen-bond donors (Lipinski definition) is 1. The number of benzene rings is 1. The molecule has 21 heavy (non-hydrogen) atoms. The molecule has 2 aromatic rings. The largest absolute Gasteiger partial charge is 0.489 e. The van der Waals surface area contributed by atoms with E-state index in [-0.39, 0.29) is 0 Å². The van der Waals surface area contributed by atoms with Gasteiger partial charge < -0.3 is 10.1 Å². The van der Waals surface area contributed by atoms with E-state index < -0.39 is 0 Å². The minimum Gasteiger partial charge on any atom is -0.489 e. The molecule has 0 bridgehead atoms. The number of ether oxygens (including phenoxy) is 1. The predicted octanol–water partition coefficient (Wildman–Crippen LogP) is 4.17. The summed E-state index contributed by atoms with van der Waals surface area (Å²) in [5.41, 5.74) is 2.13. The van der Waals surface area contributed by atoms with E-state index in [0.29, 0.717) is 12.5 Å². The molecule has 1 N–H and O–H groups in total. The Labute approximate surface area is 134 Å². The van der Waals surface area contributed by atoms with Crippen molar-refractivity contribution in [3.8, 4) is 5.75 Å². The topological polar surface area (TPSA) is 34.1 Å². The zero-order valence-electron chi connectivity index (χ0n) is 12.5. The minimum absolute atomic E-state index is 0.546. The van der Waals surface area contributed by atoms with Crippen molar-refractivity contribution in [2.75, 3.05) is 6.54 Å². The van der Waals surface area contributed by atoms with E-state index in [0.717, 1.165) is 34.6 Å². The summed E-state index contributed by atoms with van der Waals surface area (Å²) in [6, 6.07) is 12.0. The molecule has 1 aromatic carbocycles. The predicted molar refractivity (Wildman–Crippen MR) is 89.3 cm³/mol. The van der Waals surface area contributed by atoms with Crippen LogP contribution in [0.25, 0.3) is 0 Å². The van der Waals surface area contributed by atoms with Gasteiger partial charge in [0.2, 0.25) is 0 Å². The Morgan fingerprint density at radius 1 is 1.24 bits per heavy atom. The van der Waals surface area contributed by atoms with Crippen LogP contribution in [0, 0.1) is 5.92 Å². The SMILES string of the molecule is CC(C)CNCc1cc(OCc2ccccc2Br)ccn1. The van der Waals surface area contributed by atoms with E-state index in [1.54, 1.807) is 6.20 Å². The quantitative estimate of drug-likeness (QED) is 0.815. The third-order valence-electron chi connectivity index (χ3n) is 3.00. The summed E-state index contributed by atoms with van der Waals surface area (Å²) < 4.78 is 6.91. The molecule has 0 atom stereocenters. The Morgan fingerprint density at radius 3 is 2.81 bits per heavy atom. The van der Waals surface area contributed by atoms with Crippen LogP contribution in [0.5, 0.6) is 5.75 Å². The van der Waals surface area contributed by atoms with Crippen LogP contribution in [0.3, 0.4) is 0 Å². The van der Waals surface area contributed by atoms with Gasteiger partial charge in [-0.1, -0.05) is 48.0 Å². The molecule has 0 aliphatic carbocycles. The van der Waals surface area contributed by atoms with Gasteiger partial charge in [-0.25, -0.2) is 0 Å². The maximum Gasteiger partial charge on any atom is 0.123 e. The first-order valence-electron chi connectivity index (χ1n) is 7.17. The maximum absolute atomic E-state index is 5.84. The fourth-order valence-electron chi connectivity index (χ4n) is 1.91. The van der Waals surface area contributed by atoms with Gasteiger partial charge in [0.15, 0.2) is 0 Å². The Bertz CT molecular complexity index is 572. The van der Waals surface area contributed by atoms with E-state index >= 15 is 0 Å². The van der Waals surface area contributed by atoms with Gasteiger partial charge in [-0.15, -0.1) is 0 Å². The van der Waals surface area contributed by atoms with Crippen molar-refractivity contribution in [1.29, 1.82) is 0 Å². The Morgan fingerprint density at radius 2 is 2.05 bits per heavy atom. The van der Waals surface area contributed by atoms with Gasteiger partial charge in [0.1, 0.15) is 12.4 Å². The maximum atomic E-state index is 5.84. The molecule has 0 aliphatic rings. The smallest absolute Gasteiger partial charge is 0.123 e. The highest BCUT2D eigenvalue weighted by Gasteiger charge is 2.02. The van der Waals surface area contributed by atoms with Crippen LogP contribution in [0.1, 0.15) is 25.1 Å². The number of rotatable bonds is 7. The summed E-state index contributed by atoms with van der Waals surface area (Å²) in [6.07, 6.45) is 1.79. The zero-order chi connectivity index (χ0) is 15.1. The molecule has 0 fully saturated rings. The molecule has 1 heterocycles. The number of aromatic nitrogens is 1. The minimum atomic E-state index is 0.546. The van der Waals surface area contributed by atoms with Crippen LogP contribution in [0.2, 0.25) is 0 Å². The number of hydrogen-bond acceptors (Lipinski definition) is 3. The highest BCUT2D eigenvalue weighted by atomic mass is 79.9. The van der Waals surface area contributed by atoms with Gasteiger partial charge in [0, 0.05) is 28.8 Å². The molecule has 0 radical (unpaired) electrons. The number of pyridine rings is 1. The number of nitrogens with one attached hydrogen (secondary N) is 1. The van der Waals surface area contributed by atoms with Gasteiger partial charge in [0.25, 0.3) is 0 Å². The molecule has 0 unspecified atom stereocenters. The average molecular weight is 349 g/mol. The molecule has 0 saturated carbocycles. The van der Waals surface area contributed by atoms with E-state index in [4.69, 9.17) is 4.74 Å². The molecule has 0 amide bonds. The standard InChI is InChI=1S/C17H21BrN2O/c1-13(2)10-19-11-15-9-16(7-8-20-15)21-12-14-5-3-4-6-17(14)18/h3-9,13,19H,10-12H2,1-2H3. The second-order valence-corrected chi connectivity index (χ2v) is 6.24. The number of nitrogens with zero attached hydrogens (tertiary/aromatic N) is 1. The van der Waals surface area contributed by atoms with Gasteiger partial charge in [-0.3, -0.25) is 4.98 Å². The Hall–Kier alpha value is -1.39. The summed E-state index contributed by atoms with van der Waals surface area (Å²) in [7, 11) is 0. The summed E-state index contributed by atoms with van der Waals surface area (Å²) in [6.45, 7) is 6.69. The van der Waals surface area contributed by atoms with Crippen LogP contribution in [0.15, 0.2) is 47.1 Å². The zero-order valence-corrected chi connectivity index (χ0v) is 14.1. The molecule has 0 aliphatic heterocycles. The Kier molecular flexibility index (Phi) is 6.21. The fourth-order valence-corrected chi connectivity index (χ4v) is 2.31. The molecular weight excluding hydrogens is 328 g/mol. The monoisotopic (exact) mass is 348 g/mol. The van der Waals surface area contributed by atoms with Gasteiger partial charge in [-0.05, 0) is 24.6 Å². The molecular formula is C17H21BrN2O. The summed E-state index contributed by atoms with van der Waals surface area (Å²) in [5.74, 6) is 1.49. The second-order valence-electron chi connectivity index (χ2n) is 5.39. The first kappa shape index (κ1) is 16.0. The second kappa shape index (κ2) is 8.15. The van der Waals surface area contributed by atoms with Crippen molar-refractivity contribution in [3.05, 3.63) is 58.3 Å². The number of halogens is 1. The van der Waals surface area contributed by atoms with Crippen molar-refractivity contribution in [3.63, 3.8) is 0 Å². The van der Waals surface area contributed by atoms with E-state index in [1.165, 1.54) is 0 Å². The summed E-state index contributed by atoms with van der Waals surface area (Å²) in [4.78, 5) is 4.36. The van der Waals surface area contributed by atoms with Crippen molar-refractivity contribution in [2.45, 2.75) is 27.0 Å². The molecule has 0 spiro atoms. The lowest BCUT2D eigenvalue weighted by molar-refractivity contribution is 0.304. The summed E-state index contributed by atoms with van der Waals surface area (Å²) >= 11 is 3.53. The highest BCUT2D eigenvalue weighted by molar-refractivity contribution is 9.10. The molecule has 3 nitrogen and oxygen atoms in total. The van der Waals surface area contributed by atoms with Crippen molar-refractivity contribution in [1.82, 2.24) is 10.3 Å². The fraction of sp³-hybridized carbons (Fsp3) is 0.353. The van der Waals surface area contributed by atoms with Gasteiger partial charge >= 0.3 is 0 Å². The van der Waals surface area contributed by atoms with Crippen LogP contribution >= 0.6 is 15.9 Å². The lowest BCUT2D eigenvalue weighted by Gasteiger charge is -2.10. The average Bonchev–Trinajstić information content (AvgIpc) is 2.46. The van der Waals surface area contributed by atoms with Crippen LogP contribution in [-0.4, -0.2) is 11.5 Å². The van der Waals surface area contributed by atoms with Crippen LogP contribution in [-0.2, 0) is 13.2 Å². The van der Waals surface area contributed by atoms with E-state index in [1.807, 2.05) is 30.3 Å². The van der Waals surface area contributed by atoms with Crippen LogP contribution < -0.4 is 10.1 Å². The highest BCUT2D eigenvalue weighted by Crippen LogP contribution is 2.19. The van der Waals surface area contributed by atoms with Crippen molar-refractivity contribution >= 4 is 15.9 Å². The molecule has 112 valence electrons. The third kappa shape index (κ3) is 5.48. The van der Waals surface area contributed by atoms with E-state index in [9.17, 15) is 0 Å². The molecule has 0 saturated heterocycles. The van der Waals surface area contributed by atoms with E-state index in [2.05, 4.69) is 46.1 Å².